The van der Waals surface area contributed by atoms with Crippen molar-refractivity contribution in [3.05, 3.63) is 68.7 Å². The van der Waals surface area contributed by atoms with Gasteiger partial charge in [0.05, 0.1) is 10.9 Å². The molecular formula is C23H23ClFN5O2S. The first kappa shape index (κ1) is 23.3. The lowest BCUT2D eigenvalue weighted by Gasteiger charge is -2.13. The van der Waals surface area contributed by atoms with Crippen LogP contribution in [0, 0.1) is 5.82 Å². The Hall–Kier alpha value is -2.91. The van der Waals surface area contributed by atoms with Crippen LogP contribution < -0.4 is 10.9 Å². The van der Waals surface area contributed by atoms with Gasteiger partial charge in [0.25, 0.3) is 11.5 Å². The summed E-state index contributed by atoms with van der Waals surface area (Å²) in [5.74, 6) is -0.0332. The number of thioether (sulfide) groups is 1. The number of halogens is 2. The number of aromatic nitrogens is 4. The average molecular weight is 488 g/mol. The van der Waals surface area contributed by atoms with E-state index in [0.29, 0.717) is 44.5 Å². The van der Waals surface area contributed by atoms with Crippen molar-refractivity contribution in [2.24, 2.45) is 0 Å². The molecule has 7 nitrogen and oxygen atoms in total. The van der Waals surface area contributed by atoms with E-state index in [9.17, 15) is 14.0 Å². The molecule has 0 radical (unpaired) electrons. The molecule has 172 valence electrons. The molecule has 0 atom stereocenters. The molecule has 4 aromatic rings. The van der Waals surface area contributed by atoms with Gasteiger partial charge in [0.2, 0.25) is 5.78 Å². The second-order valence-electron chi connectivity index (χ2n) is 7.92. The van der Waals surface area contributed by atoms with E-state index in [1.54, 1.807) is 39.3 Å². The van der Waals surface area contributed by atoms with Crippen LogP contribution >= 0.6 is 23.4 Å². The molecule has 0 spiro atoms. The maximum Gasteiger partial charge on any atom is 0.262 e. The number of nitrogens with one attached hydrogen (secondary N) is 1. The van der Waals surface area contributed by atoms with Gasteiger partial charge in [0, 0.05) is 34.5 Å². The van der Waals surface area contributed by atoms with Gasteiger partial charge in [-0.1, -0.05) is 36.4 Å². The van der Waals surface area contributed by atoms with Gasteiger partial charge in [-0.05, 0) is 50.6 Å². The van der Waals surface area contributed by atoms with Gasteiger partial charge in [0.15, 0.2) is 5.16 Å². The Bertz CT molecular complexity index is 1400. The van der Waals surface area contributed by atoms with Gasteiger partial charge < -0.3 is 5.32 Å². The lowest BCUT2D eigenvalue weighted by atomic mass is 10.1. The summed E-state index contributed by atoms with van der Waals surface area (Å²) in [6.45, 7) is 6.19. The van der Waals surface area contributed by atoms with Crippen LogP contribution in [-0.2, 0) is 12.3 Å². The highest BCUT2D eigenvalue weighted by Crippen LogP contribution is 2.29. The summed E-state index contributed by atoms with van der Waals surface area (Å²) in [5, 5.41) is 12.6. The second kappa shape index (κ2) is 9.52. The molecule has 0 bridgehead atoms. The summed E-state index contributed by atoms with van der Waals surface area (Å²) in [6, 6.07) is 9.48. The van der Waals surface area contributed by atoms with E-state index in [4.69, 9.17) is 11.6 Å². The highest BCUT2D eigenvalue weighted by molar-refractivity contribution is 7.98. The number of hydrogen-bond donors (Lipinski definition) is 1. The SMILES string of the molecule is CCCn1c(=O)c2ccc(C(=O)NC(C)C)cc2n2c(SCc3c(F)cccc3Cl)nnc12. The number of aryl methyl sites for hydroxylation is 1. The van der Waals surface area contributed by atoms with E-state index in [1.165, 1.54) is 17.8 Å². The van der Waals surface area contributed by atoms with Crippen LogP contribution in [-0.4, -0.2) is 31.1 Å². The van der Waals surface area contributed by atoms with Crippen molar-refractivity contribution < 1.29 is 9.18 Å². The van der Waals surface area contributed by atoms with Gasteiger partial charge in [-0.25, -0.2) is 4.39 Å². The van der Waals surface area contributed by atoms with Crippen LogP contribution in [0.5, 0.6) is 0 Å². The average Bonchev–Trinajstić information content (AvgIpc) is 3.19. The molecule has 0 aliphatic heterocycles. The summed E-state index contributed by atoms with van der Waals surface area (Å²) < 4.78 is 17.6. The van der Waals surface area contributed by atoms with E-state index in [2.05, 4.69) is 15.5 Å². The molecular weight excluding hydrogens is 465 g/mol. The summed E-state index contributed by atoms with van der Waals surface area (Å²) in [4.78, 5) is 25.8. The largest absolute Gasteiger partial charge is 0.350 e. The summed E-state index contributed by atoms with van der Waals surface area (Å²) in [5.41, 5.74) is 1.11. The topological polar surface area (TPSA) is 81.3 Å². The predicted molar refractivity (Wildman–Crippen MR) is 129 cm³/mol. The molecule has 33 heavy (non-hydrogen) atoms. The third-order valence-electron chi connectivity index (χ3n) is 5.11. The number of carbonyl (C=O) groups excluding carboxylic acids is 1. The molecule has 2 aromatic heterocycles. The first-order chi connectivity index (χ1) is 15.8. The van der Waals surface area contributed by atoms with Gasteiger partial charge in [0.1, 0.15) is 5.82 Å². The minimum absolute atomic E-state index is 0.0303. The minimum Gasteiger partial charge on any atom is -0.350 e. The number of nitrogens with zero attached hydrogens (tertiary/aromatic N) is 4. The van der Waals surface area contributed by atoms with Crippen LogP contribution in [0.4, 0.5) is 4.39 Å². The standard InChI is InChI=1S/C23H23ClFN5O2S/c1-4-10-29-21(32)15-9-8-14(20(31)26-13(2)3)11-19(15)30-22(29)27-28-23(30)33-12-16-17(24)6-5-7-18(16)25/h5-9,11,13H,4,10,12H2,1-3H3,(H,26,31). The maximum absolute atomic E-state index is 14.3. The summed E-state index contributed by atoms with van der Waals surface area (Å²) >= 11 is 7.44. The van der Waals surface area contributed by atoms with Gasteiger partial charge >= 0.3 is 0 Å². The van der Waals surface area contributed by atoms with Crippen LogP contribution in [0.3, 0.4) is 0 Å². The quantitative estimate of drug-likeness (QED) is 0.383. The number of carbonyl (C=O) groups is 1. The summed E-state index contributed by atoms with van der Waals surface area (Å²) in [7, 11) is 0. The zero-order valence-electron chi connectivity index (χ0n) is 18.4. The van der Waals surface area contributed by atoms with E-state index in [1.807, 2.05) is 20.8 Å². The monoisotopic (exact) mass is 487 g/mol. The molecule has 2 aromatic carbocycles. The minimum atomic E-state index is -0.399. The second-order valence-corrected chi connectivity index (χ2v) is 9.27. The fourth-order valence-corrected chi connectivity index (χ4v) is 4.88. The molecule has 0 aliphatic rings. The van der Waals surface area contributed by atoms with Crippen molar-refractivity contribution in [3.8, 4) is 0 Å². The van der Waals surface area contributed by atoms with Gasteiger partial charge in [-0.3, -0.25) is 18.6 Å². The van der Waals surface area contributed by atoms with Crippen molar-refractivity contribution >= 4 is 46.0 Å². The van der Waals surface area contributed by atoms with Crippen LogP contribution in [0.15, 0.2) is 46.3 Å². The lowest BCUT2D eigenvalue weighted by molar-refractivity contribution is 0.0943. The molecule has 0 saturated carbocycles. The lowest BCUT2D eigenvalue weighted by Crippen LogP contribution is -2.30. The zero-order valence-corrected chi connectivity index (χ0v) is 20.0. The summed E-state index contributed by atoms with van der Waals surface area (Å²) in [6.07, 6.45) is 0.732. The van der Waals surface area contributed by atoms with E-state index >= 15 is 0 Å². The number of benzene rings is 2. The van der Waals surface area contributed by atoms with Crippen LogP contribution in [0.1, 0.15) is 43.1 Å². The number of amides is 1. The Balaban J connectivity index is 1.88. The zero-order chi connectivity index (χ0) is 23.7. The molecule has 0 fully saturated rings. The predicted octanol–water partition coefficient (Wildman–Crippen LogP) is 4.68. The van der Waals surface area contributed by atoms with Gasteiger partial charge in [-0.2, -0.15) is 0 Å². The van der Waals surface area contributed by atoms with Crippen molar-refractivity contribution in [2.45, 2.75) is 50.7 Å². The van der Waals surface area contributed by atoms with E-state index < -0.39 is 5.82 Å². The smallest absolute Gasteiger partial charge is 0.262 e. The first-order valence-corrected chi connectivity index (χ1v) is 12.0. The normalized spacial score (nSPS) is 11.6. The van der Waals surface area contributed by atoms with Crippen LogP contribution in [0.2, 0.25) is 5.02 Å². The van der Waals surface area contributed by atoms with E-state index in [0.717, 1.165) is 6.42 Å². The Morgan fingerprint density at radius 2 is 2.03 bits per heavy atom. The molecule has 1 N–H and O–H groups in total. The van der Waals surface area contributed by atoms with Crippen molar-refractivity contribution in [1.82, 2.24) is 24.5 Å². The van der Waals surface area contributed by atoms with Crippen molar-refractivity contribution in [3.63, 3.8) is 0 Å². The molecule has 0 aliphatic carbocycles. The van der Waals surface area contributed by atoms with Gasteiger partial charge in [-0.15, -0.1) is 10.2 Å². The Kier molecular flexibility index (Phi) is 6.71. The highest BCUT2D eigenvalue weighted by atomic mass is 35.5. The maximum atomic E-state index is 14.3. The number of fused-ring (bicyclic) bond motifs is 3. The van der Waals surface area contributed by atoms with Crippen molar-refractivity contribution in [1.29, 1.82) is 0 Å². The van der Waals surface area contributed by atoms with Crippen molar-refractivity contribution in [2.75, 3.05) is 0 Å². The molecule has 0 saturated heterocycles. The fourth-order valence-electron chi connectivity index (χ4n) is 3.59. The number of rotatable bonds is 7. The molecule has 4 rings (SSSR count). The fraction of sp³-hybridized carbons (Fsp3) is 0.304. The molecule has 2 heterocycles. The Labute approximate surface area is 199 Å². The van der Waals surface area contributed by atoms with E-state index in [-0.39, 0.29) is 23.3 Å². The molecule has 10 heteroatoms. The molecule has 1 amide bonds. The number of hydrogen-bond acceptors (Lipinski definition) is 5. The first-order valence-electron chi connectivity index (χ1n) is 10.6. The molecule has 0 unspecified atom stereocenters. The van der Waals surface area contributed by atoms with Crippen LogP contribution in [0.25, 0.3) is 16.7 Å². The third-order valence-corrected chi connectivity index (χ3v) is 6.42. The Morgan fingerprint density at radius 3 is 2.73 bits per heavy atom. The third kappa shape index (κ3) is 4.47. The Morgan fingerprint density at radius 1 is 1.24 bits per heavy atom. The highest BCUT2D eigenvalue weighted by Gasteiger charge is 2.19.